The second kappa shape index (κ2) is 9.08. The number of rotatable bonds is 7. The zero-order valence-electron chi connectivity index (χ0n) is 14.5. The van der Waals surface area contributed by atoms with Crippen LogP contribution in [0, 0.1) is 22.5 Å². The maximum atomic E-state index is 11.6. The summed E-state index contributed by atoms with van der Waals surface area (Å²) in [5.74, 6) is 2.54. The molecule has 0 saturated carbocycles. The van der Waals surface area contributed by atoms with E-state index in [1.54, 1.807) is 26.8 Å². The first-order valence-electron chi connectivity index (χ1n) is 7.88. The predicted molar refractivity (Wildman–Crippen MR) is 91.9 cm³/mol. The number of alkyl carbamates (subject to hydrolysis) is 1. The third kappa shape index (κ3) is 7.29. The van der Waals surface area contributed by atoms with E-state index in [1.807, 2.05) is 11.0 Å². The molecule has 0 fully saturated rings. The first-order valence-corrected chi connectivity index (χ1v) is 7.88. The minimum absolute atomic E-state index is 0.236. The fourth-order valence-electron chi connectivity index (χ4n) is 2.27. The van der Waals surface area contributed by atoms with E-state index in [1.165, 1.54) is 0 Å². The van der Waals surface area contributed by atoms with Crippen LogP contribution in [0.5, 0.6) is 0 Å². The summed E-state index contributed by atoms with van der Waals surface area (Å²) in [7, 11) is 0. The molecule has 0 aromatic rings. The fourth-order valence-corrected chi connectivity index (χ4v) is 2.27. The summed E-state index contributed by atoms with van der Waals surface area (Å²) in [4.78, 5) is 24.3. The number of nitro groups is 1. The molecule has 0 radical (unpaired) electrons. The molecule has 1 aliphatic rings. The van der Waals surface area contributed by atoms with Crippen LogP contribution >= 0.6 is 0 Å². The lowest BCUT2D eigenvalue weighted by Gasteiger charge is -2.23. The topological polar surface area (TPSA) is 84.7 Å². The number of terminal acetylenes is 1. The van der Waals surface area contributed by atoms with Crippen LogP contribution in [0.3, 0.4) is 0 Å². The molecule has 0 atom stereocenters. The quantitative estimate of drug-likeness (QED) is 0.438. The van der Waals surface area contributed by atoms with Crippen LogP contribution in [0.1, 0.15) is 33.6 Å². The van der Waals surface area contributed by atoms with Crippen molar-refractivity contribution in [1.82, 2.24) is 10.2 Å². The van der Waals surface area contributed by atoms with Crippen molar-refractivity contribution in [2.75, 3.05) is 26.2 Å². The van der Waals surface area contributed by atoms with Crippen LogP contribution < -0.4 is 5.32 Å². The van der Waals surface area contributed by atoms with Crippen molar-refractivity contribution in [3.63, 3.8) is 0 Å². The van der Waals surface area contributed by atoms with E-state index in [-0.39, 0.29) is 10.6 Å². The molecule has 0 spiro atoms. The van der Waals surface area contributed by atoms with Gasteiger partial charge in [-0.25, -0.2) is 4.79 Å². The van der Waals surface area contributed by atoms with E-state index in [4.69, 9.17) is 11.2 Å². The molecule has 1 N–H and O–H groups in total. The van der Waals surface area contributed by atoms with Crippen LogP contribution in [0.15, 0.2) is 23.4 Å². The lowest BCUT2D eigenvalue weighted by atomic mass is 10.0. The Bertz CT molecular complexity index is 567. The Hall–Kier alpha value is -2.33. The number of carbonyl (C=O) groups is 1. The Morgan fingerprint density at radius 3 is 2.83 bits per heavy atom. The molecule has 7 nitrogen and oxygen atoms in total. The summed E-state index contributed by atoms with van der Waals surface area (Å²) >= 11 is 0. The van der Waals surface area contributed by atoms with Gasteiger partial charge in [0.2, 0.25) is 0 Å². The summed E-state index contributed by atoms with van der Waals surface area (Å²) in [5, 5.41) is 13.8. The summed E-state index contributed by atoms with van der Waals surface area (Å²) in [6.07, 6.45) is 9.69. The number of nitrogens with zero attached hydrogens (tertiary/aromatic N) is 2. The number of hydrogen-bond acceptors (Lipinski definition) is 5. The Morgan fingerprint density at radius 2 is 2.25 bits per heavy atom. The first-order chi connectivity index (χ1) is 11.2. The van der Waals surface area contributed by atoms with Gasteiger partial charge in [-0.2, -0.15) is 0 Å². The van der Waals surface area contributed by atoms with Crippen LogP contribution in [-0.2, 0) is 4.74 Å². The van der Waals surface area contributed by atoms with Gasteiger partial charge in [0.05, 0.1) is 11.5 Å². The lowest BCUT2D eigenvalue weighted by molar-refractivity contribution is -0.429. The molecule has 0 heterocycles. The second-order valence-electron chi connectivity index (χ2n) is 6.51. The molecule has 1 aliphatic carbocycles. The Balaban J connectivity index is 2.59. The van der Waals surface area contributed by atoms with E-state index in [2.05, 4.69) is 11.2 Å². The Labute approximate surface area is 142 Å². The van der Waals surface area contributed by atoms with Crippen LogP contribution in [0.2, 0.25) is 0 Å². The molecule has 0 aromatic heterocycles. The highest BCUT2D eigenvalue weighted by molar-refractivity contribution is 5.67. The Morgan fingerprint density at radius 1 is 1.54 bits per heavy atom. The number of carbonyl (C=O) groups excluding carboxylic acids is 1. The molecule has 24 heavy (non-hydrogen) atoms. The minimum Gasteiger partial charge on any atom is -0.444 e. The zero-order chi connectivity index (χ0) is 18.2. The minimum atomic E-state index is -0.555. The average Bonchev–Trinajstić information content (AvgIpc) is 2.45. The molecule has 132 valence electrons. The van der Waals surface area contributed by atoms with Gasteiger partial charge < -0.3 is 10.1 Å². The van der Waals surface area contributed by atoms with E-state index >= 15 is 0 Å². The van der Waals surface area contributed by atoms with Gasteiger partial charge in [-0.1, -0.05) is 18.1 Å². The van der Waals surface area contributed by atoms with Crippen molar-refractivity contribution in [3.05, 3.63) is 33.5 Å². The highest BCUT2D eigenvalue weighted by Crippen LogP contribution is 2.20. The van der Waals surface area contributed by atoms with E-state index in [0.717, 1.165) is 0 Å². The molecule has 0 bridgehead atoms. The van der Waals surface area contributed by atoms with Gasteiger partial charge in [-0.15, -0.1) is 6.42 Å². The monoisotopic (exact) mass is 335 g/mol. The van der Waals surface area contributed by atoms with Gasteiger partial charge in [0.1, 0.15) is 5.60 Å². The van der Waals surface area contributed by atoms with Crippen molar-refractivity contribution in [1.29, 1.82) is 0 Å². The van der Waals surface area contributed by atoms with Crippen molar-refractivity contribution in [3.8, 4) is 12.3 Å². The summed E-state index contributed by atoms with van der Waals surface area (Å²) < 4.78 is 5.16. The van der Waals surface area contributed by atoms with Gasteiger partial charge in [-0.05, 0) is 27.2 Å². The third-order valence-electron chi connectivity index (χ3n) is 3.26. The normalized spacial score (nSPS) is 14.5. The number of hydrogen-bond donors (Lipinski definition) is 1. The molecule has 0 unspecified atom stereocenters. The van der Waals surface area contributed by atoms with Gasteiger partial charge in [0.25, 0.3) is 5.70 Å². The van der Waals surface area contributed by atoms with Crippen LogP contribution in [0.25, 0.3) is 0 Å². The van der Waals surface area contributed by atoms with E-state index < -0.39 is 11.7 Å². The fraction of sp³-hybridized carbons (Fsp3) is 0.588. The molecular weight excluding hydrogens is 310 g/mol. The van der Waals surface area contributed by atoms with Crippen LogP contribution in [-0.4, -0.2) is 47.7 Å². The molecule has 1 rings (SSSR count). The number of nitrogens with one attached hydrogen (secondary N) is 1. The molecule has 0 saturated heterocycles. The van der Waals surface area contributed by atoms with E-state index in [0.29, 0.717) is 44.6 Å². The number of allylic oxidation sites excluding steroid dienone is 2. The van der Waals surface area contributed by atoms with Crippen LogP contribution in [0.4, 0.5) is 4.79 Å². The smallest absolute Gasteiger partial charge is 0.407 e. The first kappa shape index (κ1) is 19.7. The lowest BCUT2D eigenvalue weighted by Crippen LogP contribution is -2.39. The standard InChI is InChI=1S/C17H25N3O4/c1-5-11-19(12-10-18-16(21)24-17(2,3)4)13-14-8-6-7-9-15(14)20(22)23/h1,6,8H,7,9-13H2,2-4H3,(H,18,21). The van der Waals surface area contributed by atoms with Crippen molar-refractivity contribution in [2.45, 2.75) is 39.2 Å². The maximum Gasteiger partial charge on any atom is 0.407 e. The van der Waals surface area contributed by atoms with Gasteiger partial charge in [0.15, 0.2) is 0 Å². The molecule has 7 heteroatoms. The highest BCUT2D eigenvalue weighted by atomic mass is 16.6. The summed E-state index contributed by atoms with van der Waals surface area (Å²) in [6, 6.07) is 0. The maximum absolute atomic E-state index is 11.6. The third-order valence-corrected chi connectivity index (χ3v) is 3.26. The van der Waals surface area contributed by atoms with Crippen molar-refractivity contribution in [2.24, 2.45) is 0 Å². The zero-order valence-corrected chi connectivity index (χ0v) is 14.5. The average molecular weight is 335 g/mol. The molecular formula is C17H25N3O4. The molecule has 0 aliphatic heterocycles. The number of ether oxygens (including phenoxy) is 1. The van der Waals surface area contributed by atoms with Crippen molar-refractivity contribution >= 4 is 6.09 Å². The number of amides is 1. The highest BCUT2D eigenvalue weighted by Gasteiger charge is 2.21. The van der Waals surface area contributed by atoms with E-state index in [9.17, 15) is 14.9 Å². The summed E-state index contributed by atoms with van der Waals surface area (Å²) in [5.41, 5.74) is 0.347. The van der Waals surface area contributed by atoms with Crippen molar-refractivity contribution < 1.29 is 14.5 Å². The molecule has 1 amide bonds. The Kier molecular flexibility index (Phi) is 7.46. The second-order valence-corrected chi connectivity index (χ2v) is 6.51. The summed E-state index contributed by atoms with van der Waals surface area (Å²) in [6.45, 7) is 6.92. The SMILES string of the molecule is C#CCN(CCNC(=O)OC(C)(C)C)CC1=C([N+](=O)[O-])CCC=C1. The molecule has 0 aromatic carbocycles. The van der Waals surface area contributed by atoms with Gasteiger partial charge in [-0.3, -0.25) is 15.0 Å². The largest absolute Gasteiger partial charge is 0.444 e. The predicted octanol–water partition coefficient (Wildman–Crippen LogP) is 2.33. The van der Waals surface area contributed by atoms with Gasteiger partial charge in [0, 0.05) is 31.6 Å². The van der Waals surface area contributed by atoms with Gasteiger partial charge >= 0.3 is 6.09 Å².